The molecule has 0 amide bonds. The highest BCUT2D eigenvalue weighted by Crippen LogP contribution is 2.41. The summed E-state index contributed by atoms with van der Waals surface area (Å²) in [7, 11) is 0. The molecule has 2 aliphatic rings. The van der Waals surface area contributed by atoms with E-state index in [0.29, 0.717) is 11.5 Å². The van der Waals surface area contributed by atoms with E-state index in [9.17, 15) is 17.6 Å². The van der Waals surface area contributed by atoms with Gasteiger partial charge in [0.2, 0.25) is 6.17 Å². The summed E-state index contributed by atoms with van der Waals surface area (Å²) in [6, 6.07) is 11.0. The molecule has 1 nitrogen and oxygen atoms in total. The van der Waals surface area contributed by atoms with Crippen molar-refractivity contribution in [2.75, 3.05) is 0 Å². The predicted molar refractivity (Wildman–Crippen MR) is 136 cm³/mol. The second-order valence-corrected chi connectivity index (χ2v) is 11.2. The van der Waals surface area contributed by atoms with Crippen molar-refractivity contribution in [1.82, 2.24) is 0 Å². The first-order valence-electron chi connectivity index (χ1n) is 13.8. The molecule has 0 heterocycles. The van der Waals surface area contributed by atoms with Crippen LogP contribution in [0.5, 0.6) is 0 Å². The van der Waals surface area contributed by atoms with Gasteiger partial charge in [-0.05, 0) is 90.5 Å². The molecule has 2 aromatic carbocycles. The van der Waals surface area contributed by atoms with Crippen LogP contribution in [-0.4, -0.2) is 6.11 Å². The molecule has 198 valence electrons. The van der Waals surface area contributed by atoms with Gasteiger partial charge in [-0.15, -0.1) is 0 Å². The molecule has 1 unspecified atom stereocenters. The van der Waals surface area contributed by atoms with Crippen LogP contribution in [0.4, 0.5) is 17.6 Å². The fraction of sp³-hybridized carbons (Fsp3) is 0.613. The van der Waals surface area contributed by atoms with Crippen molar-refractivity contribution < 1.29 is 22.3 Å². The van der Waals surface area contributed by atoms with Gasteiger partial charge < -0.3 is 4.74 Å². The maximum atomic E-state index is 14.8. The molecule has 2 aliphatic carbocycles. The van der Waals surface area contributed by atoms with E-state index >= 15 is 0 Å². The Kier molecular flexibility index (Phi) is 9.14. The van der Waals surface area contributed by atoms with Crippen molar-refractivity contribution in [3.05, 3.63) is 70.5 Å². The molecule has 1 atom stereocenters. The third kappa shape index (κ3) is 6.70. The van der Waals surface area contributed by atoms with Crippen LogP contribution in [-0.2, 0) is 11.3 Å². The van der Waals surface area contributed by atoms with Gasteiger partial charge in [0.1, 0.15) is 5.82 Å². The van der Waals surface area contributed by atoms with Gasteiger partial charge in [-0.3, -0.25) is 0 Å². The number of halogens is 4. The van der Waals surface area contributed by atoms with Crippen LogP contribution in [0.25, 0.3) is 0 Å². The Balaban J connectivity index is 1.32. The Labute approximate surface area is 213 Å². The molecular formula is C31H40F4O. The highest BCUT2D eigenvalue weighted by atomic mass is 19.3. The average Bonchev–Trinajstić information content (AvgIpc) is 2.88. The van der Waals surface area contributed by atoms with Crippen molar-refractivity contribution >= 4 is 0 Å². The van der Waals surface area contributed by atoms with Gasteiger partial charge in [0.15, 0.2) is 0 Å². The van der Waals surface area contributed by atoms with Gasteiger partial charge in [-0.2, -0.15) is 8.78 Å². The second-order valence-electron chi connectivity index (χ2n) is 11.2. The van der Waals surface area contributed by atoms with Crippen LogP contribution in [0, 0.1) is 17.7 Å². The van der Waals surface area contributed by atoms with E-state index < -0.39 is 18.9 Å². The standard InChI is InChI=1S/C31H40F4O/c1-3-4-22-7-12-26(13-8-22)28-18-9-23(19-29(28)32)20-36-31(34,35)30(33)27-16-14-25(15-17-27)24-10-5-21(2)6-11-24/h9,14-19,21-22,24,26,30H,3-8,10-13,20H2,1-2H3. The van der Waals surface area contributed by atoms with Crippen molar-refractivity contribution in [3.8, 4) is 0 Å². The van der Waals surface area contributed by atoms with E-state index in [1.807, 2.05) is 0 Å². The van der Waals surface area contributed by atoms with Crippen molar-refractivity contribution in [2.45, 2.75) is 109 Å². The summed E-state index contributed by atoms with van der Waals surface area (Å²) in [4.78, 5) is 0. The van der Waals surface area contributed by atoms with E-state index in [-0.39, 0.29) is 22.9 Å². The lowest BCUT2D eigenvalue weighted by molar-refractivity contribution is -0.282. The van der Waals surface area contributed by atoms with E-state index in [2.05, 4.69) is 13.8 Å². The molecule has 5 heteroatoms. The largest absolute Gasteiger partial charge is 0.391 e. The first-order valence-corrected chi connectivity index (χ1v) is 13.8. The van der Waals surface area contributed by atoms with Crippen LogP contribution in [0.15, 0.2) is 42.5 Å². The summed E-state index contributed by atoms with van der Waals surface area (Å²) in [5.74, 6) is 1.65. The summed E-state index contributed by atoms with van der Waals surface area (Å²) in [6.07, 6.45) is 4.40. The monoisotopic (exact) mass is 504 g/mol. The lowest BCUT2D eigenvalue weighted by Gasteiger charge is -2.29. The molecule has 0 N–H and O–H groups in total. The zero-order chi connectivity index (χ0) is 25.7. The van der Waals surface area contributed by atoms with Crippen LogP contribution < -0.4 is 0 Å². The Bertz CT molecular complexity index is 957. The van der Waals surface area contributed by atoms with E-state index in [1.54, 1.807) is 24.3 Å². The number of alkyl halides is 3. The van der Waals surface area contributed by atoms with Gasteiger partial charge in [0.05, 0.1) is 6.61 Å². The van der Waals surface area contributed by atoms with Gasteiger partial charge in [-0.25, -0.2) is 8.78 Å². The quantitative estimate of drug-likeness (QED) is 0.309. The first kappa shape index (κ1) is 27.2. The molecule has 2 saturated carbocycles. The zero-order valence-electron chi connectivity index (χ0n) is 21.6. The fourth-order valence-corrected chi connectivity index (χ4v) is 6.14. The third-order valence-corrected chi connectivity index (χ3v) is 8.49. The first-order chi connectivity index (χ1) is 17.3. The van der Waals surface area contributed by atoms with Crippen LogP contribution in [0.1, 0.15) is 118 Å². The number of benzene rings is 2. The minimum Gasteiger partial charge on any atom is -0.313 e. The number of rotatable bonds is 9. The maximum Gasteiger partial charge on any atom is 0.391 e. The smallest absolute Gasteiger partial charge is 0.313 e. The molecule has 36 heavy (non-hydrogen) atoms. The normalized spacial score (nSPS) is 26.1. The Morgan fingerprint density at radius 1 is 0.889 bits per heavy atom. The molecule has 2 aromatic rings. The SMILES string of the molecule is CCCC1CCC(c2ccc(COC(F)(F)C(F)c3ccc(C4CCC(C)CC4)cc3)cc2F)CC1. The minimum absolute atomic E-state index is 0.104. The lowest BCUT2D eigenvalue weighted by Crippen LogP contribution is -2.27. The number of hydrogen-bond donors (Lipinski definition) is 0. The maximum absolute atomic E-state index is 14.8. The highest BCUT2D eigenvalue weighted by molar-refractivity contribution is 5.29. The van der Waals surface area contributed by atoms with Crippen molar-refractivity contribution in [1.29, 1.82) is 0 Å². The Morgan fingerprint density at radius 2 is 1.53 bits per heavy atom. The second kappa shape index (κ2) is 12.1. The zero-order valence-corrected chi connectivity index (χ0v) is 21.6. The Hall–Kier alpha value is -1.88. The fourth-order valence-electron chi connectivity index (χ4n) is 6.14. The Morgan fingerprint density at radius 3 is 2.14 bits per heavy atom. The van der Waals surface area contributed by atoms with Gasteiger partial charge in [0, 0.05) is 0 Å². The highest BCUT2D eigenvalue weighted by Gasteiger charge is 2.43. The third-order valence-electron chi connectivity index (χ3n) is 8.49. The van der Waals surface area contributed by atoms with E-state index in [1.165, 1.54) is 31.0 Å². The molecule has 0 aliphatic heterocycles. The van der Waals surface area contributed by atoms with E-state index in [4.69, 9.17) is 4.74 Å². The van der Waals surface area contributed by atoms with E-state index in [0.717, 1.165) is 68.8 Å². The van der Waals surface area contributed by atoms with Gasteiger partial charge in [0.25, 0.3) is 0 Å². The molecule has 0 aromatic heterocycles. The van der Waals surface area contributed by atoms with Crippen LogP contribution >= 0.6 is 0 Å². The number of hydrogen-bond acceptors (Lipinski definition) is 1. The lowest BCUT2D eigenvalue weighted by atomic mass is 9.77. The minimum atomic E-state index is -4.01. The average molecular weight is 505 g/mol. The summed E-state index contributed by atoms with van der Waals surface area (Å²) < 4.78 is 63.4. The molecule has 2 fully saturated rings. The molecule has 4 rings (SSSR count). The molecule has 0 spiro atoms. The van der Waals surface area contributed by atoms with Crippen molar-refractivity contribution in [2.24, 2.45) is 11.8 Å². The predicted octanol–water partition coefficient (Wildman–Crippen LogP) is 10.0. The van der Waals surface area contributed by atoms with Crippen molar-refractivity contribution in [3.63, 3.8) is 0 Å². The van der Waals surface area contributed by atoms with Gasteiger partial charge in [-0.1, -0.05) is 75.9 Å². The van der Waals surface area contributed by atoms with Gasteiger partial charge >= 0.3 is 6.11 Å². The number of ether oxygens (including phenoxy) is 1. The van der Waals surface area contributed by atoms with Crippen LogP contribution in [0.2, 0.25) is 0 Å². The molecule has 0 bridgehead atoms. The molecule has 0 saturated heterocycles. The van der Waals surface area contributed by atoms with Crippen LogP contribution in [0.3, 0.4) is 0 Å². The molecule has 0 radical (unpaired) electrons. The summed E-state index contributed by atoms with van der Waals surface area (Å²) in [5.41, 5.74) is 1.91. The topological polar surface area (TPSA) is 9.23 Å². The summed E-state index contributed by atoms with van der Waals surface area (Å²) in [5, 5.41) is 0. The summed E-state index contributed by atoms with van der Waals surface area (Å²) in [6.45, 7) is 3.89. The summed E-state index contributed by atoms with van der Waals surface area (Å²) >= 11 is 0. The molecular weight excluding hydrogens is 464 g/mol.